The molecule has 4 rings (SSSR count). The van der Waals surface area contributed by atoms with E-state index in [1.807, 2.05) is 6.92 Å². The highest BCUT2D eigenvalue weighted by molar-refractivity contribution is 6.09. The third kappa shape index (κ3) is 3.61. The van der Waals surface area contributed by atoms with Crippen LogP contribution in [0.1, 0.15) is 23.7 Å². The van der Waals surface area contributed by atoms with Gasteiger partial charge in [-0.2, -0.15) is 0 Å². The number of hydrogen-bond donors (Lipinski definition) is 3. The second-order valence-corrected chi connectivity index (χ2v) is 7.01. The molecule has 0 aromatic heterocycles. The maximum absolute atomic E-state index is 12.2. The predicted octanol–water partition coefficient (Wildman–Crippen LogP) is 5.12. The van der Waals surface area contributed by atoms with Crippen LogP contribution in [0.3, 0.4) is 0 Å². The number of phenols is 1. The molecule has 1 heterocycles. The Morgan fingerprint density at radius 2 is 1.94 bits per heavy atom. The molecule has 0 fully saturated rings. The number of phenolic OH excluding ortho intramolecular Hbond substituents is 1. The molecule has 31 heavy (non-hydrogen) atoms. The molecule has 2 aromatic rings. The van der Waals surface area contributed by atoms with Crippen LogP contribution in [0.25, 0.3) is 33.4 Å². The minimum Gasteiger partial charge on any atom is -0.508 e. The molecule has 7 nitrogen and oxygen atoms in total. The van der Waals surface area contributed by atoms with Gasteiger partial charge in [0.05, 0.1) is 16.9 Å². The van der Waals surface area contributed by atoms with Crippen molar-refractivity contribution in [2.24, 2.45) is 4.99 Å². The van der Waals surface area contributed by atoms with E-state index < -0.39 is 5.97 Å². The molecular weight excluding hydrogens is 396 g/mol. The first-order valence-corrected chi connectivity index (χ1v) is 9.74. The highest BCUT2D eigenvalue weighted by atomic mass is 16.4. The lowest BCUT2D eigenvalue weighted by atomic mass is 9.90. The number of benzene rings is 3. The van der Waals surface area contributed by atoms with E-state index >= 15 is 0 Å². The van der Waals surface area contributed by atoms with Gasteiger partial charge >= 0.3 is 5.97 Å². The Morgan fingerprint density at radius 3 is 2.65 bits per heavy atom. The Bertz CT molecular complexity index is 1370. The van der Waals surface area contributed by atoms with Crippen molar-refractivity contribution in [1.29, 1.82) is 0 Å². The molecule has 7 heteroatoms. The molecule has 0 saturated carbocycles. The predicted molar refractivity (Wildman–Crippen MR) is 121 cm³/mol. The van der Waals surface area contributed by atoms with Gasteiger partial charge in [0, 0.05) is 41.9 Å². The number of fused-ring (bicyclic) bond motifs is 2. The van der Waals surface area contributed by atoms with Crippen molar-refractivity contribution < 1.29 is 19.4 Å². The lowest BCUT2D eigenvalue weighted by molar-refractivity contribution is 0.0698. The number of aromatic hydroxyl groups is 1. The number of nitrogens with zero attached hydrogens (tertiary/aromatic N) is 1. The molecular formula is C24H20N2O5. The molecule has 0 spiro atoms. The Labute approximate surface area is 177 Å². The summed E-state index contributed by atoms with van der Waals surface area (Å²) in [5.74, 6) is -0.804. The van der Waals surface area contributed by atoms with Crippen LogP contribution in [-0.4, -0.2) is 29.4 Å². The van der Waals surface area contributed by atoms with Crippen molar-refractivity contribution in [3.63, 3.8) is 0 Å². The van der Waals surface area contributed by atoms with Gasteiger partial charge < -0.3 is 19.9 Å². The van der Waals surface area contributed by atoms with E-state index in [9.17, 15) is 19.8 Å². The summed E-state index contributed by atoms with van der Waals surface area (Å²) in [6.45, 7) is 1.94. The standard InChI is InChI=1S/C24H20N2O5/c1-3-8-26-20-12-18(24(29)30)17(11-19(20)25-2)23-15-6-4-13(27)9-21(15)31-22-10-14(28)5-7-16(22)23/h4-12,25,27H,3H2,1-2H3,(H,29,30)/b26-8+. The second-order valence-electron chi connectivity index (χ2n) is 7.01. The monoisotopic (exact) mass is 416 g/mol. The minimum atomic E-state index is -1.10. The SMILES string of the molecule is CC/C=N/c1cc(C(=O)O)c(-c2c3ccc(=O)cc-3oc3cc(O)ccc23)cc1NC. The lowest BCUT2D eigenvalue weighted by Gasteiger charge is -2.18. The zero-order chi connectivity index (χ0) is 22.1. The number of carbonyl (C=O) groups is 1. The summed E-state index contributed by atoms with van der Waals surface area (Å²) >= 11 is 0. The first-order chi connectivity index (χ1) is 14.9. The summed E-state index contributed by atoms with van der Waals surface area (Å²) in [4.78, 5) is 28.5. The Kier molecular flexibility index (Phi) is 5.17. The number of aliphatic imine (C=N–C) groups is 1. The highest BCUT2D eigenvalue weighted by Crippen LogP contribution is 2.44. The number of carboxylic acid groups (broad SMARTS) is 1. The molecule has 1 aliphatic carbocycles. The molecule has 0 radical (unpaired) electrons. The van der Waals surface area contributed by atoms with Crippen LogP contribution in [0.5, 0.6) is 5.75 Å². The first-order valence-electron chi connectivity index (χ1n) is 9.74. The molecule has 0 bridgehead atoms. The van der Waals surface area contributed by atoms with Crippen molar-refractivity contribution in [1.82, 2.24) is 0 Å². The van der Waals surface area contributed by atoms with Gasteiger partial charge in [0.15, 0.2) is 5.43 Å². The van der Waals surface area contributed by atoms with E-state index in [4.69, 9.17) is 4.42 Å². The van der Waals surface area contributed by atoms with Crippen LogP contribution >= 0.6 is 0 Å². The van der Waals surface area contributed by atoms with Crippen LogP contribution in [-0.2, 0) is 0 Å². The maximum Gasteiger partial charge on any atom is 0.336 e. The molecule has 0 saturated heterocycles. The van der Waals surface area contributed by atoms with Crippen molar-refractivity contribution in [3.8, 4) is 28.2 Å². The van der Waals surface area contributed by atoms with Gasteiger partial charge in [0.2, 0.25) is 0 Å². The average molecular weight is 416 g/mol. The summed E-state index contributed by atoms with van der Waals surface area (Å²) in [6, 6.07) is 12.3. The fourth-order valence-corrected chi connectivity index (χ4v) is 3.62. The van der Waals surface area contributed by atoms with Crippen LogP contribution in [0, 0.1) is 0 Å². The molecule has 156 valence electrons. The van der Waals surface area contributed by atoms with Crippen LogP contribution in [0.2, 0.25) is 0 Å². The van der Waals surface area contributed by atoms with Crippen LogP contribution in [0.15, 0.2) is 62.7 Å². The fraction of sp³-hybridized carbons (Fsp3) is 0.125. The molecule has 0 unspecified atom stereocenters. The van der Waals surface area contributed by atoms with E-state index in [1.165, 1.54) is 30.3 Å². The molecule has 3 N–H and O–H groups in total. The fourth-order valence-electron chi connectivity index (χ4n) is 3.62. The van der Waals surface area contributed by atoms with Crippen LogP contribution < -0.4 is 10.7 Å². The number of anilines is 1. The third-order valence-corrected chi connectivity index (χ3v) is 4.99. The van der Waals surface area contributed by atoms with Crippen molar-refractivity contribution in [2.75, 3.05) is 12.4 Å². The summed E-state index contributed by atoms with van der Waals surface area (Å²) in [6.07, 6.45) is 2.43. The summed E-state index contributed by atoms with van der Waals surface area (Å²) < 4.78 is 5.86. The van der Waals surface area contributed by atoms with E-state index in [0.29, 0.717) is 51.2 Å². The summed E-state index contributed by atoms with van der Waals surface area (Å²) in [5.41, 5.74) is 2.97. The zero-order valence-corrected chi connectivity index (χ0v) is 17.0. The lowest BCUT2D eigenvalue weighted by Crippen LogP contribution is -2.04. The largest absolute Gasteiger partial charge is 0.508 e. The van der Waals surface area contributed by atoms with Gasteiger partial charge in [-0.3, -0.25) is 9.79 Å². The quantitative estimate of drug-likeness (QED) is 0.307. The van der Waals surface area contributed by atoms with Gasteiger partial charge in [0.1, 0.15) is 17.1 Å². The van der Waals surface area contributed by atoms with Gasteiger partial charge in [-0.25, -0.2) is 4.79 Å². The van der Waals surface area contributed by atoms with Crippen molar-refractivity contribution >= 4 is 34.5 Å². The molecule has 2 aromatic carbocycles. The highest BCUT2D eigenvalue weighted by Gasteiger charge is 2.23. The van der Waals surface area contributed by atoms with E-state index in [0.717, 1.165) is 0 Å². The van der Waals surface area contributed by atoms with Gasteiger partial charge in [-0.1, -0.05) is 6.92 Å². The number of rotatable bonds is 5. The summed E-state index contributed by atoms with van der Waals surface area (Å²) in [5, 5.41) is 23.6. The number of aromatic carboxylic acids is 1. The molecule has 2 aliphatic rings. The van der Waals surface area contributed by atoms with Crippen LogP contribution in [0.4, 0.5) is 11.4 Å². The number of hydrogen-bond acceptors (Lipinski definition) is 6. The Morgan fingerprint density at radius 1 is 1.13 bits per heavy atom. The zero-order valence-electron chi connectivity index (χ0n) is 17.0. The Balaban J connectivity index is 2.16. The molecule has 1 aliphatic heterocycles. The Hall–Kier alpha value is -4.13. The number of carboxylic acids is 1. The van der Waals surface area contributed by atoms with Crippen molar-refractivity contribution in [3.05, 3.63) is 64.3 Å². The van der Waals surface area contributed by atoms with Crippen molar-refractivity contribution in [2.45, 2.75) is 13.3 Å². The summed E-state index contributed by atoms with van der Waals surface area (Å²) in [7, 11) is 1.74. The topological polar surface area (TPSA) is 112 Å². The first kappa shape index (κ1) is 20.2. The number of nitrogens with one attached hydrogen (secondary N) is 1. The van der Waals surface area contributed by atoms with E-state index in [1.54, 1.807) is 31.5 Å². The maximum atomic E-state index is 12.2. The molecule has 0 atom stereocenters. The van der Waals surface area contributed by atoms with E-state index in [-0.39, 0.29) is 16.7 Å². The average Bonchev–Trinajstić information content (AvgIpc) is 2.75. The van der Waals surface area contributed by atoms with Gasteiger partial charge in [-0.05, 0) is 48.4 Å². The van der Waals surface area contributed by atoms with Gasteiger partial charge in [-0.15, -0.1) is 0 Å². The normalized spacial score (nSPS) is 11.4. The minimum absolute atomic E-state index is 0.00143. The second kappa shape index (κ2) is 7.95. The van der Waals surface area contributed by atoms with E-state index in [2.05, 4.69) is 10.3 Å². The van der Waals surface area contributed by atoms with Gasteiger partial charge in [0.25, 0.3) is 0 Å². The smallest absolute Gasteiger partial charge is 0.336 e. The molecule has 0 amide bonds. The third-order valence-electron chi connectivity index (χ3n) is 4.99.